The van der Waals surface area contributed by atoms with Crippen LogP contribution in [0, 0.1) is 11.8 Å². The summed E-state index contributed by atoms with van der Waals surface area (Å²) < 4.78 is 27.9. The lowest BCUT2D eigenvalue weighted by molar-refractivity contribution is -0.118. The van der Waals surface area contributed by atoms with Crippen LogP contribution in [0.2, 0.25) is 0 Å². The summed E-state index contributed by atoms with van der Waals surface area (Å²) >= 11 is 0. The highest BCUT2D eigenvalue weighted by Crippen LogP contribution is 2.14. The normalized spacial score (nSPS) is 9.41. The number of alkyl halides is 2. The van der Waals surface area contributed by atoms with Gasteiger partial charge in [-0.2, -0.15) is 8.78 Å². The number of benzene rings is 1. The Hall–Kier alpha value is -2.09. The average Bonchev–Trinajstić information content (AvgIpc) is 2.25. The van der Waals surface area contributed by atoms with Crippen LogP contribution in [0.4, 0.5) is 8.78 Å². The maximum atomic E-state index is 11.9. The number of carbonyl (C=O) groups is 1. The Labute approximate surface area is 97.8 Å². The van der Waals surface area contributed by atoms with E-state index in [0.29, 0.717) is 5.56 Å². The first-order valence-electron chi connectivity index (χ1n) is 4.86. The molecule has 0 aliphatic carbocycles. The summed E-state index contributed by atoms with van der Waals surface area (Å²) in [5, 5.41) is 2.52. The van der Waals surface area contributed by atoms with Gasteiger partial charge in [0.05, 0.1) is 6.54 Å². The quantitative estimate of drug-likeness (QED) is 0.816. The van der Waals surface area contributed by atoms with E-state index in [4.69, 9.17) is 0 Å². The zero-order valence-corrected chi connectivity index (χ0v) is 9.17. The number of nitrogens with one attached hydrogen (secondary N) is 1. The molecule has 0 bridgehead atoms. The third-order valence-electron chi connectivity index (χ3n) is 1.74. The molecule has 0 saturated carbocycles. The fraction of sp³-hybridized carbons (Fsp3) is 0.250. The van der Waals surface area contributed by atoms with Crippen molar-refractivity contribution in [2.24, 2.45) is 0 Å². The van der Waals surface area contributed by atoms with Gasteiger partial charge in [0, 0.05) is 12.5 Å². The fourth-order valence-corrected chi connectivity index (χ4v) is 1.03. The molecule has 3 nitrogen and oxygen atoms in total. The van der Waals surface area contributed by atoms with Gasteiger partial charge in [0.15, 0.2) is 0 Å². The van der Waals surface area contributed by atoms with Gasteiger partial charge in [-0.05, 0) is 24.3 Å². The zero-order valence-electron chi connectivity index (χ0n) is 9.17. The molecule has 1 amide bonds. The highest BCUT2D eigenvalue weighted by atomic mass is 19.3. The van der Waals surface area contributed by atoms with E-state index in [1.165, 1.54) is 19.1 Å². The smallest absolute Gasteiger partial charge is 0.387 e. The van der Waals surface area contributed by atoms with Crippen molar-refractivity contribution >= 4 is 5.91 Å². The Bertz CT molecular complexity index is 432. The van der Waals surface area contributed by atoms with Crippen molar-refractivity contribution in [1.82, 2.24) is 5.32 Å². The minimum atomic E-state index is -2.83. The van der Waals surface area contributed by atoms with Crippen LogP contribution in [-0.2, 0) is 4.79 Å². The van der Waals surface area contributed by atoms with Crippen molar-refractivity contribution in [3.8, 4) is 17.6 Å². The predicted molar refractivity (Wildman–Crippen MR) is 58.6 cm³/mol. The van der Waals surface area contributed by atoms with Crippen LogP contribution in [0.5, 0.6) is 5.75 Å². The first kappa shape index (κ1) is 13.0. The summed E-state index contributed by atoms with van der Waals surface area (Å²) in [6.07, 6.45) is 0. The first-order chi connectivity index (χ1) is 8.08. The summed E-state index contributed by atoms with van der Waals surface area (Å²) in [5.74, 6) is 5.43. The highest BCUT2D eigenvalue weighted by molar-refractivity contribution is 5.73. The monoisotopic (exact) mass is 239 g/mol. The van der Waals surface area contributed by atoms with E-state index in [-0.39, 0.29) is 18.2 Å². The van der Waals surface area contributed by atoms with Crippen LogP contribution in [-0.4, -0.2) is 19.1 Å². The SMILES string of the molecule is CC(=O)NCC#Cc1ccc(OC(F)F)cc1. The first-order valence-corrected chi connectivity index (χ1v) is 4.86. The molecule has 1 rings (SSSR count). The second-order valence-electron chi connectivity index (χ2n) is 3.11. The van der Waals surface area contributed by atoms with Gasteiger partial charge in [0.25, 0.3) is 0 Å². The Morgan fingerprint density at radius 3 is 2.59 bits per heavy atom. The molecule has 0 aliphatic rings. The van der Waals surface area contributed by atoms with E-state index in [1.54, 1.807) is 12.1 Å². The molecule has 90 valence electrons. The largest absolute Gasteiger partial charge is 0.435 e. The van der Waals surface area contributed by atoms with E-state index in [0.717, 1.165) is 0 Å². The molecule has 1 aromatic carbocycles. The van der Waals surface area contributed by atoms with Gasteiger partial charge in [0.2, 0.25) is 5.91 Å². The van der Waals surface area contributed by atoms with Gasteiger partial charge in [-0.1, -0.05) is 11.8 Å². The summed E-state index contributed by atoms with van der Waals surface area (Å²) in [6, 6.07) is 5.96. The van der Waals surface area contributed by atoms with Crippen LogP contribution in [0.1, 0.15) is 12.5 Å². The lowest BCUT2D eigenvalue weighted by atomic mass is 10.2. The van der Waals surface area contributed by atoms with Crippen molar-refractivity contribution in [1.29, 1.82) is 0 Å². The molecule has 1 aromatic rings. The van der Waals surface area contributed by atoms with E-state index in [2.05, 4.69) is 21.9 Å². The van der Waals surface area contributed by atoms with Crippen molar-refractivity contribution in [2.75, 3.05) is 6.54 Å². The number of amides is 1. The third-order valence-corrected chi connectivity index (χ3v) is 1.74. The Kier molecular flexibility index (Phi) is 4.95. The maximum absolute atomic E-state index is 11.9. The van der Waals surface area contributed by atoms with Gasteiger partial charge in [0.1, 0.15) is 5.75 Å². The molecule has 0 fully saturated rings. The van der Waals surface area contributed by atoms with Crippen LogP contribution < -0.4 is 10.1 Å². The number of carbonyl (C=O) groups excluding carboxylic acids is 1. The molecule has 0 aromatic heterocycles. The Balaban J connectivity index is 2.53. The number of hydrogen-bond donors (Lipinski definition) is 1. The van der Waals surface area contributed by atoms with Crippen LogP contribution in [0.25, 0.3) is 0 Å². The van der Waals surface area contributed by atoms with Crippen molar-refractivity contribution in [3.63, 3.8) is 0 Å². The van der Waals surface area contributed by atoms with Crippen molar-refractivity contribution in [2.45, 2.75) is 13.5 Å². The fourth-order valence-electron chi connectivity index (χ4n) is 1.03. The molecular weight excluding hydrogens is 228 g/mol. The molecule has 0 heterocycles. The number of halogens is 2. The van der Waals surface area contributed by atoms with Crippen LogP contribution >= 0.6 is 0 Å². The summed E-state index contributed by atoms with van der Waals surface area (Å²) in [7, 11) is 0. The zero-order chi connectivity index (χ0) is 12.7. The molecule has 0 spiro atoms. The number of rotatable bonds is 3. The van der Waals surface area contributed by atoms with Gasteiger partial charge in [-0.15, -0.1) is 0 Å². The Morgan fingerprint density at radius 2 is 2.06 bits per heavy atom. The topological polar surface area (TPSA) is 38.3 Å². The van der Waals surface area contributed by atoms with E-state index in [9.17, 15) is 13.6 Å². The minimum absolute atomic E-state index is 0.0902. The number of hydrogen-bond acceptors (Lipinski definition) is 2. The summed E-state index contributed by atoms with van der Waals surface area (Å²) in [4.78, 5) is 10.5. The molecule has 17 heavy (non-hydrogen) atoms. The molecule has 1 N–H and O–H groups in total. The van der Waals surface area contributed by atoms with Crippen LogP contribution in [0.3, 0.4) is 0 Å². The lowest BCUT2D eigenvalue weighted by Gasteiger charge is -2.03. The Morgan fingerprint density at radius 1 is 1.41 bits per heavy atom. The van der Waals surface area contributed by atoms with E-state index < -0.39 is 6.61 Å². The van der Waals surface area contributed by atoms with Gasteiger partial charge < -0.3 is 10.1 Å². The molecule has 0 radical (unpaired) electrons. The minimum Gasteiger partial charge on any atom is -0.435 e. The van der Waals surface area contributed by atoms with Crippen molar-refractivity contribution in [3.05, 3.63) is 29.8 Å². The molecule has 0 unspecified atom stereocenters. The molecule has 0 atom stereocenters. The molecule has 0 saturated heterocycles. The molecule has 0 aliphatic heterocycles. The molecular formula is C12H11F2NO2. The van der Waals surface area contributed by atoms with Crippen LogP contribution in [0.15, 0.2) is 24.3 Å². The maximum Gasteiger partial charge on any atom is 0.387 e. The highest BCUT2D eigenvalue weighted by Gasteiger charge is 2.02. The standard InChI is InChI=1S/C12H11F2NO2/c1-9(16)15-8-2-3-10-4-6-11(7-5-10)17-12(13)14/h4-7,12H,8H2,1H3,(H,15,16). The summed E-state index contributed by atoms with van der Waals surface area (Å²) in [6.45, 7) is -1.17. The second-order valence-corrected chi connectivity index (χ2v) is 3.11. The summed E-state index contributed by atoms with van der Waals surface area (Å²) in [5.41, 5.74) is 0.664. The third kappa shape index (κ3) is 5.52. The van der Waals surface area contributed by atoms with Gasteiger partial charge in [-0.3, -0.25) is 4.79 Å². The van der Waals surface area contributed by atoms with Gasteiger partial charge >= 0.3 is 6.61 Å². The van der Waals surface area contributed by atoms with Crippen molar-refractivity contribution < 1.29 is 18.3 Å². The average molecular weight is 239 g/mol. The second kappa shape index (κ2) is 6.48. The molecule has 5 heteroatoms. The number of ether oxygens (including phenoxy) is 1. The van der Waals surface area contributed by atoms with E-state index in [1.807, 2.05) is 0 Å². The predicted octanol–water partition coefficient (Wildman–Crippen LogP) is 1.78. The lowest BCUT2D eigenvalue weighted by Crippen LogP contribution is -2.19. The van der Waals surface area contributed by atoms with Gasteiger partial charge in [-0.25, -0.2) is 0 Å². The van der Waals surface area contributed by atoms with E-state index >= 15 is 0 Å².